The quantitative estimate of drug-likeness (QED) is 0.894. The van der Waals surface area contributed by atoms with Gasteiger partial charge in [-0.25, -0.2) is 9.18 Å². The average molecular weight is 322 g/mol. The largest absolute Gasteiger partial charge is 0.348 e. The fraction of sp³-hybridized carbons (Fsp3) is 0.588. The van der Waals surface area contributed by atoms with Crippen molar-refractivity contribution >= 4 is 6.03 Å². The highest BCUT2D eigenvalue weighted by molar-refractivity contribution is 5.74. The number of benzene rings is 1. The van der Waals surface area contributed by atoms with E-state index in [0.29, 0.717) is 26.2 Å². The molecular weight excluding hydrogens is 299 g/mol. The van der Waals surface area contributed by atoms with Crippen molar-refractivity contribution in [3.8, 4) is 0 Å². The van der Waals surface area contributed by atoms with Crippen LogP contribution in [0.25, 0.3) is 0 Å². The molecule has 0 atom stereocenters. The van der Waals surface area contributed by atoms with Crippen LogP contribution in [0.15, 0.2) is 24.3 Å². The van der Waals surface area contributed by atoms with E-state index in [9.17, 15) is 9.18 Å². The van der Waals surface area contributed by atoms with E-state index in [2.05, 4.69) is 10.6 Å². The summed E-state index contributed by atoms with van der Waals surface area (Å²) in [5, 5.41) is 5.81. The molecule has 3 rings (SSSR count). The first-order valence-corrected chi connectivity index (χ1v) is 8.22. The van der Waals surface area contributed by atoms with E-state index in [4.69, 9.17) is 9.47 Å². The van der Waals surface area contributed by atoms with Crippen molar-refractivity contribution in [1.82, 2.24) is 10.6 Å². The zero-order valence-corrected chi connectivity index (χ0v) is 13.1. The second-order valence-electron chi connectivity index (χ2n) is 6.16. The van der Waals surface area contributed by atoms with E-state index in [1.807, 2.05) is 6.07 Å². The Labute approximate surface area is 135 Å². The maximum Gasteiger partial charge on any atom is 0.315 e. The molecule has 0 radical (unpaired) electrons. The van der Waals surface area contributed by atoms with Crippen LogP contribution in [0.5, 0.6) is 0 Å². The van der Waals surface area contributed by atoms with Crippen molar-refractivity contribution in [3.05, 3.63) is 35.6 Å². The standard InChI is InChI=1S/C17H23FN2O3/c18-14-3-1-2-13(12-14)6-9-19-16(21)20-15-4-7-17(8-5-15)22-10-11-23-17/h1-3,12,15H,4-11H2,(H2,19,20,21). The molecule has 1 saturated carbocycles. The van der Waals surface area contributed by atoms with Gasteiger partial charge >= 0.3 is 6.03 Å². The van der Waals surface area contributed by atoms with Crippen LogP contribution in [-0.4, -0.2) is 37.6 Å². The Hall–Kier alpha value is -1.66. The van der Waals surface area contributed by atoms with Gasteiger partial charge in [0.1, 0.15) is 5.82 Å². The lowest BCUT2D eigenvalue weighted by Crippen LogP contribution is -2.47. The number of hydrogen-bond donors (Lipinski definition) is 2. The molecule has 5 nitrogen and oxygen atoms in total. The summed E-state index contributed by atoms with van der Waals surface area (Å²) in [5.41, 5.74) is 0.875. The zero-order chi connectivity index (χ0) is 16.1. The van der Waals surface area contributed by atoms with Crippen molar-refractivity contribution in [2.45, 2.75) is 43.9 Å². The first-order valence-electron chi connectivity index (χ1n) is 8.22. The minimum absolute atomic E-state index is 0.155. The third kappa shape index (κ3) is 4.42. The molecule has 0 unspecified atom stereocenters. The third-order valence-corrected chi connectivity index (χ3v) is 4.48. The van der Waals surface area contributed by atoms with Gasteiger partial charge in [-0.2, -0.15) is 0 Å². The minimum atomic E-state index is -0.397. The molecule has 1 aliphatic carbocycles. The van der Waals surface area contributed by atoms with Gasteiger partial charge < -0.3 is 20.1 Å². The van der Waals surface area contributed by atoms with Crippen LogP contribution >= 0.6 is 0 Å². The molecule has 2 aliphatic rings. The molecule has 1 aromatic rings. The van der Waals surface area contributed by atoms with Crippen LogP contribution in [0.3, 0.4) is 0 Å². The number of amides is 2. The van der Waals surface area contributed by atoms with Crippen LogP contribution < -0.4 is 10.6 Å². The van der Waals surface area contributed by atoms with E-state index in [0.717, 1.165) is 31.2 Å². The molecule has 2 fully saturated rings. The van der Waals surface area contributed by atoms with Gasteiger partial charge in [0.25, 0.3) is 0 Å². The Morgan fingerprint density at radius 1 is 1.26 bits per heavy atom. The van der Waals surface area contributed by atoms with Crippen LogP contribution in [-0.2, 0) is 15.9 Å². The van der Waals surface area contributed by atoms with Crippen molar-refractivity contribution in [2.24, 2.45) is 0 Å². The van der Waals surface area contributed by atoms with Gasteiger partial charge in [-0.1, -0.05) is 12.1 Å². The predicted octanol–water partition coefficient (Wildman–Crippen LogP) is 2.35. The molecule has 1 spiro atoms. The monoisotopic (exact) mass is 322 g/mol. The fourth-order valence-electron chi connectivity index (χ4n) is 3.24. The number of rotatable bonds is 4. The summed E-state index contributed by atoms with van der Waals surface area (Å²) in [4.78, 5) is 11.9. The maximum absolute atomic E-state index is 13.1. The van der Waals surface area contributed by atoms with E-state index >= 15 is 0 Å². The van der Waals surface area contributed by atoms with Gasteiger partial charge in [0, 0.05) is 25.4 Å². The first-order chi connectivity index (χ1) is 11.2. The number of carbonyl (C=O) groups is 1. The SMILES string of the molecule is O=C(NCCc1cccc(F)c1)NC1CCC2(CC1)OCCO2. The van der Waals surface area contributed by atoms with Crippen molar-refractivity contribution in [3.63, 3.8) is 0 Å². The highest BCUT2D eigenvalue weighted by atomic mass is 19.1. The van der Waals surface area contributed by atoms with Gasteiger partial charge in [0.05, 0.1) is 13.2 Å². The molecule has 0 aromatic heterocycles. The first kappa shape index (κ1) is 16.2. The minimum Gasteiger partial charge on any atom is -0.348 e. The van der Waals surface area contributed by atoms with Gasteiger partial charge in [0.2, 0.25) is 0 Å². The van der Waals surface area contributed by atoms with Gasteiger partial charge in [-0.3, -0.25) is 0 Å². The Balaban J connectivity index is 1.35. The smallest absolute Gasteiger partial charge is 0.315 e. The van der Waals surface area contributed by atoms with Gasteiger partial charge in [-0.05, 0) is 37.0 Å². The Bertz CT molecular complexity index is 536. The summed E-state index contributed by atoms with van der Waals surface area (Å²) in [5.74, 6) is -0.647. The zero-order valence-electron chi connectivity index (χ0n) is 13.1. The number of carbonyl (C=O) groups excluding carboxylic acids is 1. The van der Waals surface area contributed by atoms with E-state index in [1.54, 1.807) is 6.07 Å². The molecule has 1 aromatic carbocycles. The Morgan fingerprint density at radius 2 is 2.00 bits per heavy atom. The van der Waals surface area contributed by atoms with Crippen LogP contribution in [0, 0.1) is 5.82 Å². The molecule has 126 valence electrons. The normalized spacial score (nSPS) is 20.6. The van der Waals surface area contributed by atoms with Crippen molar-refractivity contribution in [1.29, 1.82) is 0 Å². The summed E-state index contributed by atoms with van der Waals surface area (Å²) in [6.07, 6.45) is 3.97. The summed E-state index contributed by atoms with van der Waals surface area (Å²) in [6, 6.07) is 6.41. The van der Waals surface area contributed by atoms with Crippen LogP contribution in [0.4, 0.5) is 9.18 Å². The molecule has 2 N–H and O–H groups in total. The molecule has 1 saturated heterocycles. The van der Waals surface area contributed by atoms with E-state index in [-0.39, 0.29) is 17.9 Å². The topological polar surface area (TPSA) is 59.6 Å². The number of ether oxygens (including phenoxy) is 2. The summed E-state index contributed by atoms with van der Waals surface area (Å²) in [6.45, 7) is 1.81. The van der Waals surface area contributed by atoms with Crippen molar-refractivity contribution in [2.75, 3.05) is 19.8 Å². The number of urea groups is 1. The molecule has 6 heteroatoms. The molecular formula is C17H23FN2O3. The van der Waals surface area contributed by atoms with E-state index < -0.39 is 5.79 Å². The van der Waals surface area contributed by atoms with Crippen molar-refractivity contribution < 1.29 is 18.7 Å². The number of halogens is 1. The van der Waals surface area contributed by atoms with Gasteiger partial charge in [0.15, 0.2) is 5.79 Å². The predicted molar refractivity (Wildman–Crippen MR) is 83.5 cm³/mol. The maximum atomic E-state index is 13.1. The lowest BCUT2D eigenvalue weighted by Gasteiger charge is -2.35. The second-order valence-corrected chi connectivity index (χ2v) is 6.16. The number of nitrogens with one attached hydrogen (secondary N) is 2. The second kappa shape index (κ2) is 7.27. The lowest BCUT2D eigenvalue weighted by atomic mass is 9.90. The molecule has 2 amide bonds. The molecule has 0 bridgehead atoms. The lowest BCUT2D eigenvalue weighted by molar-refractivity contribution is -0.179. The number of hydrogen-bond acceptors (Lipinski definition) is 3. The Kier molecular flexibility index (Phi) is 5.13. The highest BCUT2D eigenvalue weighted by Gasteiger charge is 2.40. The average Bonchev–Trinajstić information content (AvgIpc) is 2.98. The fourth-order valence-corrected chi connectivity index (χ4v) is 3.24. The van der Waals surface area contributed by atoms with E-state index in [1.165, 1.54) is 12.1 Å². The Morgan fingerprint density at radius 3 is 2.70 bits per heavy atom. The third-order valence-electron chi connectivity index (χ3n) is 4.48. The summed E-state index contributed by atoms with van der Waals surface area (Å²) < 4.78 is 24.4. The summed E-state index contributed by atoms with van der Waals surface area (Å²) >= 11 is 0. The highest BCUT2D eigenvalue weighted by Crippen LogP contribution is 2.35. The van der Waals surface area contributed by atoms with Crippen LogP contribution in [0.2, 0.25) is 0 Å². The van der Waals surface area contributed by atoms with Crippen LogP contribution in [0.1, 0.15) is 31.2 Å². The van der Waals surface area contributed by atoms with Gasteiger partial charge in [-0.15, -0.1) is 0 Å². The molecule has 23 heavy (non-hydrogen) atoms. The molecule has 1 aliphatic heterocycles. The molecule has 1 heterocycles. The summed E-state index contributed by atoms with van der Waals surface area (Å²) in [7, 11) is 0.